The zero-order chi connectivity index (χ0) is 12.3. The highest BCUT2D eigenvalue weighted by Gasteiger charge is 2.31. The number of aliphatic carboxylic acids is 1. The monoisotopic (exact) mass is 223 g/mol. The molecular weight excluding hydrogens is 206 g/mol. The molecule has 0 atom stereocenters. The third-order valence-electron chi connectivity index (χ3n) is 2.71. The summed E-state index contributed by atoms with van der Waals surface area (Å²) < 4.78 is 0. The first-order valence-corrected chi connectivity index (χ1v) is 5.07. The lowest BCUT2D eigenvalue weighted by atomic mass is 10.0. The van der Waals surface area contributed by atoms with E-state index in [-0.39, 0.29) is 0 Å². The summed E-state index contributed by atoms with van der Waals surface area (Å²) in [4.78, 5) is 21.0. The van der Waals surface area contributed by atoms with Crippen molar-refractivity contribution in [2.45, 2.75) is 32.9 Å². The van der Waals surface area contributed by atoms with Crippen LogP contribution in [-0.2, 0) is 11.3 Å². The van der Waals surface area contributed by atoms with Crippen LogP contribution in [0, 0.1) is 6.92 Å². The van der Waals surface area contributed by atoms with Gasteiger partial charge in [-0.1, -0.05) is 0 Å². The van der Waals surface area contributed by atoms with E-state index in [1.54, 1.807) is 38.1 Å². The summed E-state index contributed by atoms with van der Waals surface area (Å²) in [6.45, 7) is 5.64. The van der Waals surface area contributed by atoms with Gasteiger partial charge in [-0.15, -0.1) is 0 Å². The van der Waals surface area contributed by atoms with Crippen LogP contribution in [0.3, 0.4) is 0 Å². The average Bonchev–Trinajstić information content (AvgIpc) is 2.17. The zero-order valence-corrected chi connectivity index (χ0v) is 10.1. The van der Waals surface area contributed by atoms with E-state index in [0.29, 0.717) is 12.4 Å². The van der Waals surface area contributed by atoms with Crippen LogP contribution >= 0.6 is 0 Å². The number of carboxylic acid groups (broad SMARTS) is 1. The van der Waals surface area contributed by atoms with Crippen LogP contribution in [0.4, 0.5) is 0 Å². The SMILES string of the molecule is Cc1nccc(CN(C)C(C)(C)C(=O)O)n1. The number of nitrogens with zero attached hydrogens (tertiary/aromatic N) is 3. The lowest BCUT2D eigenvalue weighted by Crippen LogP contribution is -2.47. The zero-order valence-electron chi connectivity index (χ0n) is 10.1. The molecule has 5 nitrogen and oxygen atoms in total. The van der Waals surface area contributed by atoms with Crippen LogP contribution < -0.4 is 0 Å². The van der Waals surface area contributed by atoms with E-state index in [1.165, 1.54) is 0 Å². The van der Waals surface area contributed by atoms with Crippen molar-refractivity contribution >= 4 is 5.97 Å². The Bertz CT molecular complexity index is 391. The number of carboxylic acids is 1. The first-order valence-electron chi connectivity index (χ1n) is 5.07. The summed E-state index contributed by atoms with van der Waals surface area (Å²) >= 11 is 0. The molecule has 1 rings (SSSR count). The number of carbonyl (C=O) groups is 1. The fraction of sp³-hybridized carbons (Fsp3) is 0.545. The third-order valence-corrected chi connectivity index (χ3v) is 2.71. The van der Waals surface area contributed by atoms with Crippen molar-refractivity contribution in [1.82, 2.24) is 14.9 Å². The minimum Gasteiger partial charge on any atom is -0.480 e. The highest BCUT2D eigenvalue weighted by Crippen LogP contribution is 2.14. The average molecular weight is 223 g/mol. The second-order valence-corrected chi connectivity index (χ2v) is 4.32. The van der Waals surface area contributed by atoms with Gasteiger partial charge in [-0.05, 0) is 33.9 Å². The molecule has 0 aliphatic heterocycles. The fourth-order valence-corrected chi connectivity index (χ4v) is 1.20. The highest BCUT2D eigenvalue weighted by molar-refractivity contribution is 5.77. The number of hydrogen-bond acceptors (Lipinski definition) is 4. The van der Waals surface area contributed by atoms with Gasteiger partial charge in [0.25, 0.3) is 0 Å². The molecule has 0 saturated heterocycles. The van der Waals surface area contributed by atoms with E-state index < -0.39 is 11.5 Å². The van der Waals surface area contributed by atoms with Crippen LogP contribution in [0.5, 0.6) is 0 Å². The maximum Gasteiger partial charge on any atom is 0.323 e. The molecule has 1 heterocycles. The van der Waals surface area contributed by atoms with E-state index in [1.807, 2.05) is 6.92 Å². The standard InChI is InChI=1S/C11H17N3O2/c1-8-12-6-5-9(13-8)7-14(4)11(2,3)10(15)16/h5-6H,7H2,1-4H3,(H,15,16). The Labute approximate surface area is 95.1 Å². The van der Waals surface area contributed by atoms with E-state index in [2.05, 4.69) is 9.97 Å². The van der Waals surface area contributed by atoms with E-state index >= 15 is 0 Å². The maximum absolute atomic E-state index is 11.0. The van der Waals surface area contributed by atoms with Gasteiger partial charge in [-0.25, -0.2) is 9.97 Å². The van der Waals surface area contributed by atoms with Gasteiger partial charge in [0.2, 0.25) is 0 Å². The molecule has 0 aliphatic carbocycles. The normalized spacial score (nSPS) is 11.8. The number of hydrogen-bond donors (Lipinski definition) is 1. The number of rotatable bonds is 4. The number of aryl methyl sites for hydroxylation is 1. The molecule has 16 heavy (non-hydrogen) atoms. The molecule has 0 fully saturated rings. The predicted octanol–water partition coefficient (Wildman–Crippen LogP) is 1.08. The minimum atomic E-state index is -0.904. The molecule has 1 aromatic rings. The van der Waals surface area contributed by atoms with Gasteiger partial charge >= 0.3 is 5.97 Å². The lowest BCUT2D eigenvalue weighted by molar-refractivity contribution is -0.148. The van der Waals surface area contributed by atoms with Crippen molar-refractivity contribution in [3.63, 3.8) is 0 Å². The smallest absolute Gasteiger partial charge is 0.323 e. The lowest BCUT2D eigenvalue weighted by Gasteiger charge is -2.31. The number of likely N-dealkylation sites (N-methyl/N-ethyl adjacent to an activating group) is 1. The Kier molecular flexibility index (Phi) is 3.59. The Morgan fingerprint density at radius 1 is 1.56 bits per heavy atom. The summed E-state index contributed by atoms with van der Waals surface area (Å²) in [5.74, 6) is -0.153. The largest absolute Gasteiger partial charge is 0.480 e. The molecule has 1 aromatic heterocycles. The Morgan fingerprint density at radius 2 is 2.19 bits per heavy atom. The van der Waals surface area contributed by atoms with E-state index in [9.17, 15) is 4.79 Å². The van der Waals surface area contributed by atoms with Crippen molar-refractivity contribution < 1.29 is 9.90 Å². The van der Waals surface area contributed by atoms with Crippen molar-refractivity contribution in [2.24, 2.45) is 0 Å². The molecule has 0 radical (unpaired) electrons. The van der Waals surface area contributed by atoms with Crippen LogP contribution in [0.2, 0.25) is 0 Å². The maximum atomic E-state index is 11.0. The third kappa shape index (κ3) is 2.76. The Morgan fingerprint density at radius 3 is 2.69 bits per heavy atom. The molecule has 1 N–H and O–H groups in total. The Hall–Kier alpha value is -1.49. The van der Waals surface area contributed by atoms with Crippen molar-refractivity contribution in [2.75, 3.05) is 7.05 Å². The predicted molar refractivity (Wildman–Crippen MR) is 60.0 cm³/mol. The first kappa shape index (κ1) is 12.6. The summed E-state index contributed by atoms with van der Waals surface area (Å²) in [5.41, 5.74) is -0.0805. The quantitative estimate of drug-likeness (QED) is 0.827. The van der Waals surface area contributed by atoms with Crippen LogP contribution in [-0.4, -0.2) is 38.5 Å². The van der Waals surface area contributed by atoms with Gasteiger partial charge in [0, 0.05) is 12.7 Å². The van der Waals surface area contributed by atoms with E-state index in [4.69, 9.17) is 5.11 Å². The van der Waals surface area contributed by atoms with Gasteiger partial charge < -0.3 is 5.11 Å². The molecule has 0 aromatic carbocycles. The van der Waals surface area contributed by atoms with Gasteiger partial charge in [0.1, 0.15) is 11.4 Å². The van der Waals surface area contributed by atoms with Gasteiger partial charge in [-0.2, -0.15) is 0 Å². The van der Waals surface area contributed by atoms with Crippen molar-refractivity contribution in [3.05, 3.63) is 23.8 Å². The molecule has 0 saturated carbocycles. The molecule has 0 unspecified atom stereocenters. The second-order valence-electron chi connectivity index (χ2n) is 4.32. The highest BCUT2D eigenvalue weighted by atomic mass is 16.4. The first-order chi connectivity index (χ1) is 7.34. The topological polar surface area (TPSA) is 66.3 Å². The molecule has 88 valence electrons. The van der Waals surface area contributed by atoms with Gasteiger partial charge in [0.15, 0.2) is 0 Å². The number of aromatic nitrogens is 2. The molecule has 0 spiro atoms. The minimum absolute atomic E-state index is 0.489. The molecule has 5 heteroatoms. The second kappa shape index (κ2) is 4.57. The van der Waals surface area contributed by atoms with Gasteiger partial charge in [0.05, 0.1) is 5.69 Å². The van der Waals surface area contributed by atoms with E-state index in [0.717, 1.165) is 5.69 Å². The van der Waals surface area contributed by atoms with Crippen LogP contribution in [0.15, 0.2) is 12.3 Å². The molecule has 0 aliphatic rings. The Balaban J connectivity index is 2.79. The molecule has 0 bridgehead atoms. The summed E-state index contributed by atoms with van der Waals surface area (Å²) in [6.07, 6.45) is 1.68. The van der Waals surface area contributed by atoms with Crippen molar-refractivity contribution in [1.29, 1.82) is 0 Å². The van der Waals surface area contributed by atoms with Crippen LogP contribution in [0.25, 0.3) is 0 Å². The van der Waals surface area contributed by atoms with Gasteiger partial charge in [-0.3, -0.25) is 9.69 Å². The fourth-order valence-electron chi connectivity index (χ4n) is 1.20. The molecule has 0 amide bonds. The molecular formula is C11H17N3O2. The van der Waals surface area contributed by atoms with Crippen LogP contribution in [0.1, 0.15) is 25.4 Å². The summed E-state index contributed by atoms with van der Waals surface area (Å²) in [6, 6.07) is 1.79. The summed E-state index contributed by atoms with van der Waals surface area (Å²) in [7, 11) is 1.77. The summed E-state index contributed by atoms with van der Waals surface area (Å²) in [5, 5.41) is 9.07. The van der Waals surface area contributed by atoms with Crippen molar-refractivity contribution in [3.8, 4) is 0 Å².